The van der Waals surface area contributed by atoms with Crippen LogP contribution in [-0.4, -0.2) is 95.4 Å². The van der Waals surface area contributed by atoms with Gasteiger partial charge in [0.2, 0.25) is 5.91 Å². The molecule has 0 bridgehead atoms. The molecule has 1 amide bonds. The van der Waals surface area contributed by atoms with Crippen LogP contribution >= 0.6 is 0 Å². The van der Waals surface area contributed by atoms with Crippen LogP contribution in [0.2, 0.25) is 0 Å². The Bertz CT molecular complexity index is 1240. The molecule has 0 aromatic heterocycles. The number of allylic oxidation sites excluding steroid dienone is 1. The second-order valence-corrected chi connectivity index (χ2v) is 20.9. The Kier molecular flexibility index (Phi) is 42.7. The summed E-state index contributed by atoms with van der Waals surface area (Å²) in [6.45, 7) is 3.44. The lowest BCUT2D eigenvalue weighted by Crippen LogP contribution is -2.61. The number of carbonyl (C=O) groups is 1. The molecule has 1 aliphatic heterocycles. The Hall–Kier alpha value is -1.16. The molecule has 7 unspecified atom stereocenters. The summed E-state index contributed by atoms with van der Waals surface area (Å²) in [6.07, 6.45) is 43.9. The molecular formula is C54H105NO11S. The van der Waals surface area contributed by atoms with Gasteiger partial charge in [0.25, 0.3) is 0 Å². The van der Waals surface area contributed by atoms with E-state index in [1.54, 1.807) is 6.08 Å². The minimum Gasteiger partial charge on any atom is -0.394 e. The van der Waals surface area contributed by atoms with Gasteiger partial charge in [-0.3, -0.25) is 9.35 Å². The Labute approximate surface area is 410 Å². The van der Waals surface area contributed by atoms with Crippen molar-refractivity contribution in [3.8, 4) is 0 Å². The summed E-state index contributed by atoms with van der Waals surface area (Å²) in [6, 6.07) is -0.939. The normalized spacial score (nSPS) is 19.9. The summed E-state index contributed by atoms with van der Waals surface area (Å²) in [4.78, 5) is 13.1. The summed E-state index contributed by atoms with van der Waals surface area (Å²) in [7, 11) is -5.09. The number of aliphatic hydroxyl groups excluding tert-OH is 4. The zero-order valence-electron chi connectivity index (χ0n) is 43.0. The molecule has 0 aromatic carbocycles. The average Bonchev–Trinajstić information content (AvgIpc) is 3.30. The molecule has 13 heteroatoms. The number of hydrogen-bond acceptors (Lipinski definition) is 10. The Morgan fingerprint density at radius 2 is 0.940 bits per heavy atom. The third-order valence-corrected chi connectivity index (χ3v) is 14.0. The Morgan fingerprint density at radius 1 is 0.582 bits per heavy atom. The minimum atomic E-state index is -5.09. The zero-order valence-corrected chi connectivity index (χ0v) is 43.8. The number of carbonyl (C=O) groups excluding carboxylic acids is 1. The van der Waals surface area contributed by atoms with Crippen LogP contribution < -0.4 is 5.32 Å². The van der Waals surface area contributed by atoms with Crippen LogP contribution in [0.5, 0.6) is 0 Å². The van der Waals surface area contributed by atoms with Gasteiger partial charge in [-0.1, -0.05) is 257 Å². The molecule has 398 valence electrons. The first-order valence-electron chi connectivity index (χ1n) is 28.1. The molecule has 0 saturated carbocycles. The molecule has 67 heavy (non-hydrogen) atoms. The van der Waals surface area contributed by atoms with Gasteiger partial charge in [0, 0.05) is 6.42 Å². The standard InChI is InChI=1S/C54H105NO11S/c1-3-5-7-9-11-13-15-17-19-21-23-24-26-28-30-32-34-36-38-40-42-44-50(58)55-47(46-64-54-52(60)53(66-67(61,62)63)51(59)49(45-56)65-54)48(57)43-41-39-37-35-33-31-29-27-25-22-20-18-16-14-12-10-8-6-4-2/h41,43,47-49,51-54,56-57,59-60H,3-40,42,44-46H2,1-2H3,(H,55,58)(H,61,62,63)/b43-41+. The number of aliphatic hydroxyl groups is 4. The van der Waals surface area contributed by atoms with Gasteiger partial charge in [0.1, 0.15) is 24.4 Å². The van der Waals surface area contributed by atoms with E-state index in [0.717, 1.165) is 38.5 Å². The third kappa shape index (κ3) is 37.3. The molecule has 1 saturated heterocycles. The molecule has 7 atom stereocenters. The number of hydrogen-bond donors (Lipinski definition) is 6. The van der Waals surface area contributed by atoms with Gasteiger partial charge in [0.05, 0.1) is 25.4 Å². The van der Waals surface area contributed by atoms with E-state index >= 15 is 0 Å². The average molecular weight is 976 g/mol. The van der Waals surface area contributed by atoms with Gasteiger partial charge in [-0.05, 0) is 19.3 Å². The van der Waals surface area contributed by atoms with E-state index in [9.17, 15) is 38.2 Å². The van der Waals surface area contributed by atoms with Crippen LogP contribution in [0.15, 0.2) is 12.2 Å². The Morgan fingerprint density at radius 3 is 1.30 bits per heavy atom. The maximum atomic E-state index is 13.1. The number of ether oxygens (including phenoxy) is 2. The fourth-order valence-electron chi connectivity index (χ4n) is 9.22. The van der Waals surface area contributed by atoms with E-state index in [0.29, 0.717) is 6.42 Å². The number of nitrogens with one attached hydrogen (secondary N) is 1. The second-order valence-electron chi connectivity index (χ2n) is 19.9. The second kappa shape index (κ2) is 44.8. The molecule has 1 rings (SSSR count). The molecule has 0 aromatic rings. The van der Waals surface area contributed by atoms with E-state index in [4.69, 9.17) is 9.47 Å². The van der Waals surface area contributed by atoms with E-state index in [-0.39, 0.29) is 18.9 Å². The maximum Gasteiger partial charge on any atom is 0.397 e. The number of unbranched alkanes of at least 4 members (excludes halogenated alkanes) is 37. The van der Waals surface area contributed by atoms with E-state index in [1.807, 2.05) is 6.08 Å². The summed E-state index contributed by atoms with van der Waals surface area (Å²) < 4.78 is 47.8. The quantitative estimate of drug-likeness (QED) is 0.0193. The SMILES string of the molecule is CCCCCCCCCCCCCCCCCCC/C=C/C(O)C(COC1OC(CO)C(O)C(OS(=O)(=O)O)C1O)NC(=O)CCCCCCCCCCCCCCCCCCCCCCC. The smallest absolute Gasteiger partial charge is 0.394 e. The highest BCUT2D eigenvalue weighted by Crippen LogP contribution is 2.26. The monoisotopic (exact) mass is 976 g/mol. The minimum absolute atomic E-state index is 0.256. The van der Waals surface area contributed by atoms with Crippen LogP contribution in [0.25, 0.3) is 0 Å². The molecule has 0 aliphatic carbocycles. The Balaban J connectivity index is 2.39. The van der Waals surface area contributed by atoms with Crippen molar-refractivity contribution in [1.29, 1.82) is 0 Å². The van der Waals surface area contributed by atoms with Gasteiger partial charge in [-0.15, -0.1) is 0 Å². The molecule has 1 fully saturated rings. The van der Waals surface area contributed by atoms with E-state index < -0.39 is 59.9 Å². The fraction of sp³-hybridized carbons (Fsp3) is 0.944. The molecule has 0 radical (unpaired) electrons. The lowest BCUT2D eigenvalue weighted by atomic mass is 9.99. The van der Waals surface area contributed by atoms with Crippen molar-refractivity contribution in [2.24, 2.45) is 0 Å². The summed E-state index contributed by atoms with van der Waals surface area (Å²) in [5, 5.41) is 44.9. The highest BCUT2D eigenvalue weighted by Gasteiger charge is 2.48. The van der Waals surface area contributed by atoms with Gasteiger partial charge in [-0.2, -0.15) is 8.42 Å². The summed E-state index contributed by atoms with van der Waals surface area (Å²) in [5.41, 5.74) is 0. The molecule has 1 heterocycles. The van der Waals surface area contributed by atoms with E-state index in [2.05, 4.69) is 23.3 Å². The van der Waals surface area contributed by atoms with Crippen molar-refractivity contribution in [3.05, 3.63) is 12.2 Å². The lowest BCUT2D eigenvalue weighted by Gasteiger charge is -2.41. The zero-order chi connectivity index (χ0) is 49.1. The molecule has 0 spiro atoms. The van der Waals surface area contributed by atoms with E-state index in [1.165, 1.54) is 205 Å². The first-order valence-corrected chi connectivity index (χ1v) is 29.4. The highest BCUT2D eigenvalue weighted by molar-refractivity contribution is 7.80. The van der Waals surface area contributed by atoms with Crippen LogP contribution in [0.4, 0.5) is 0 Å². The first-order chi connectivity index (χ1) is 32.5. The largest absolute Gasteiger partial charge is 0.397 e. The van der Waals surface area contributed by atoms with Crippen molar-refractivity contribution < 1.29 is 51.8 Å². The summed E-state index contributed by atoms with van der Waals surface area (Å²) in [5.74, 6) is -0.256. The van der Waals surface area contributed by atoms with Crippen LogP contribution in [0, 0.1) is 0 Å². The third-order valence-electron chi connectivity index (χ3n) is 13.6. The predicted octanol–water partition coefficient (Wildman–Crippen LogP) is 12.7. The lowest BCUT2D eigenvalue weighted by molar-refractivity contribution is -0.298. The van der Waals surface area contributed by atoms with Crippen LogP contribution in [0.3, 0.4) is 0 Å². The first kappa shape index (κ1) is 63.9. The number of rotatable bonds is 49. The predicted molar refractivity (Wildman–Crippen MR) is 273 cm³/mol. The molecular weight excluding hydrogens is 871 g/mol. The van der Waals surface area contributed by atoms with Gasteiger partial charge in [0.15, 0.2) is 6.29 Å². The molecule has 6 N–H and O–H groups in total. The highest BCUT2D eigenvalue weighted by atomic mass is 32.3. The molecule has 12 nitrogen and oxygen atoms in total. The fourth-order valence-corrected chi connectivity index (χ4v) is 9.73. The topological polar surface area (TPSA) is 192 Å². The van der Waals surface area contributed by atoms with Gasteiger partial charge in [-0.25, -0.2) is 4.18 Å². The van der Waals surface area contributed by atoms with Gasteiger partial charge >= 0.3 is 10.4 Å². The number of amides is 1. The van der Waals surface area contributed by atoms with Crippen molar-refractivity contribution in [2.45, 2.75) is 314 Å². The van der Waals surface area contributed by atoms with Crippen molar-refractivity contribution >= 4 is 16.3 Å². The van der Waals surface area contributed by atoms with Crippen LogP contribution in [-0.2, 0) is 28.9 Å². The summed E-state index contributed by atoms with van der Waals surface area (Å²) >= 11 is 0. The van der Waals surface area contributed by atoms with Crippen molar-refractivity contribution in [2.75, 3.05) is 13.2 Å². The van der Waals surface area contributed by atoms with Gasteiger partial charge < -0.3 is 35.2 Å². The van der Waals surface area contributed by atoms with Crippen molar-refractivity contribution in [3.63, 3.8) is 0 Å². The molecule has 1 aliphatic rings. The maximum absolute atomic E-state index is 13.1. The van der Waals surface area contributed by atoms with Crippen LogP contribution in [0.1, 0.15) is 271 Å². The van der Waals surface area contributed by atoms with Crippen molar-refractivity contribution in [1.82, 2.24) is 5.32 Å².